The molecule has 7 atom stereocenters. The summed E-state index contributed by atoms with van der Waals surface area (Å²) in [5.74, 6) is -1.05. The number of aromatic nitrogens is 4. The number of hydrogen-bond donors (Lipinski definition) is 9. The van der Waals surface area contributed by atoms with Crippen LogP contribution in [0.3, 0.4) is 0 Å². The largest absolute Gasteiger partial charge is 0.481 e. The van der Waals surface area contributed by atoms with Crippen molar-refractivity contribution in [3.63, 3.8) is 0 Å². The lowest BCUT2D eigenvalue weighted by Gasteiger charge is -2.30. The number of nitrogen functional groups attached to an aromatic ring is 1. The molecule has 73 heavy (non-hydrogen) atoms. The maximum absolute atomic E-state index is 12.8. The van der Waals surface area contributed by atoms with Crippen LogP contribution in [0.4, 0.5) is 5.82 Å². The normalized spacial score (nSPS) is 19.8. The standard InChI is InChI=1S/C45H74N7O17P3S/c1-4-5-6-7-8-9-10-11-12-13-14-15-16-17-18-19-20-21-22-23-24-25-36(54)73-29-28-47-35(53)26-27-48-43(57)40(56)45(2,3)31-66-72(63,64)69-71(61,62)65-30-34-39(68-70(58,59)60)38(55)44(67-34)52-33-51-37-41(46)49-32-50-42(37)52/h8-9,11-12,14-15,17-18,32-34,38-40,44,55-56H,4-7,10,13,16,19-31H2,1-3H3,(H,47,53)(H,48,57)(H,61,62)(H,63,64)(H2,46,49,50)(H2,58,59,60). The number of nitrogens with two attached hydrogens (primary N) is 1. The van der Waals surface area contributed by atoms with Crippen molar-refractivity contribution in [2.45, 2.75) is 148 Å². The molecule has 2 amide bonds. The summed E-state index contributed by atoms with van der Waals surface area (Å²) >= 11 is 1.14. The van der Waals surface area contributed by atoms with E-state index in [1.165, 1.54) is 39.5 Å². The highest BCUT2D eigenvalue weighted by Crippen LogP contribution is 2.61. The van der Waals surface area contributed by atoms with Gasteiger partial charge in [-0.1, -0.05) is 113 Å². The number of phosphoric acid groups is 3. The van der Waals surface area contributed by atoms with E-state index < -0.39 is 84.6 Å². The average molecular weight is 1110 g/mol. The Labute approximate surface area is 430 Å². The number of aliphatic hydroxyl groups is 2. The molecule has 1 aliphatic heterocycles. The highest BCUT2D eigenvalue weighted by molar-refractivity contribution is 8.13. The second-order valence-electron chi connectivity index (χ2n) is 17.7. The van der Waals surface area contributed by atoms with Gasteiger partial charge in [0.05, 0.1) is 19.5 Å². The molecule has 412 valence electrons. The molecule has 0 aromatic carbocycles. The molecule has 2 aromatic rings. The third-order valence-electron chi connectivity index (χ3n) is 11.0. The van der Waals surface area contributed by atoms with Crippen molar-refractivity contribution >= 4 is 69.1 Å². The topological polar surface area (TPSA) is 364 Å². The number of nitrogens with one attached hydrogen (secondary N) is 2. The molecule has 7 unspecified atom stereocenters. The molecule has 0 bridgehead atoms. The second kappa shape index (κ2) is 32.8. The van der Waals surface area contributed by atoms with E-state index in [1.807, 2.05) is 0 Å². The lowest BCUT2D eigenvalue weighted by Crippen LogP contribution is -2.46. The SMILES string of the molecule is CCCCCC=CCC=CCC=CCC=CCCCCCCCC(=O)SCCNC(=O)CCNC(=O)C(O)C(C)(C)COP(=O)(O)OP(=O)(O)OCC1OC(n2cnc3c(N)ncnc32)C(O)C1OP(=O)(O)O. The molecule has 0 radical (unpaired) electrons. The summed E-state index contributed by atoms with van der Waals surface area (Å²) < 4.78 is 62.5. The number of amides is 2. The van der Waals surface area contributed by atoms with Gasteiger partial charge in [-0.2, -0.15) is 4.31 Å². The van der Waals surface area contributed by atoms with E-state index >= 15 is 0 Å². The van der Waals surface area contributed by atoms with Crippen LogP contribution in [-0.4, -0.2) is 123 Å². The van der Waals surface area contributed by atoms with E-state index in [4.69, 9.17) is 19.5 Å². The van der Waals surface area contributed by atoms with Gasteiger partial charge in [0.1, 0.15) is 36.3 Å². The smallest absolute Gasteiger partial charge is 0.386 e. The van der Waals surface area contributed by atoms with Gasteiger partial charge in [-0.3, -0.25) is 32.5 Å². The fourth-order valence-corrected chi connectivity index (χ4v) is 10.5. The van der Waals surface area contributed by atoms with Gasteiger partial charge in [-0.15, -0.1) is 0 Å². The molecule has 0 spiro atoms. The number of nitrogens with zero attached hydrogens (tertiary/aromatic N) is 4. The molecule has 1 saturated heterocycles. The Kier molecular flexibility index (Phi) is 28.7. The highest BCUT2D eigenvalue weighted by atomic mass is 32.2. The van der Waals surface area contributed by atoms with Gasteiger partial charge in [0, 0.05) is 37.1 Å². The highest BCUT2D eigenvalue weighted by Gasteiger charge is 2.50. The van der Waals surface area contributed by atoms with Crippen LogP contribution >= 0.6 is 35.2 Å². The monoisotopic (exact) mass is 1110 g/mol. The molecular formula is C45H74N7O17P3S. The molecular weight excluding hydrogens is 1040 g/mol. The van der Waals surface area contributed by atoms with Gasteiger partial charge in [0.2, 0.25) is 11.8 Å². The lowest BCUT2D eigenvalue weighted by atomic mass is 9.87. The zero-order valence-corrected chi connectivity index (χ0v) is 45.1. The predicted octanol–water partition coefficient (Wildman–Crippen LogP) is 6.37. The third-order valence-corrected chi connectivity index (χ3v) is 15.0. The van der Waals surface area contributed by atoms with Crippen LogP contribution in [0.1, 0.15) is 123 Å². The van der Waals surface area contributed by atoms with E-state index in [9.17, 15) is 57.9 Å². The number of fused-ring (bicyclic) bond motifs is 1. The van der Waals surface area contributed by atoms with Crippen LogP contribution in [-0.2, 0) is 50.7 Å². The summed E-state index contributed by atoms with van der Waals surface area (Å²) in [7, 11) is -16.4. The average Bonchev–Trinajstić information content (AvgIpc) is 3.88. The van der Waals surface area contributed by atoms with Gasteiger partial charge < -0.3 is 50.9 Å². The number of ether oxygens (including phenoxy) is 1. The van der Waals surface area contributed by atoms with Crippen LogP contribution in [0, 0.1) is 5.41 Å². The van der Waals surface area contributed by atoms with Crippen LogP contribution in [0.25, 0.3) is 11.2 Å². The second-order valence-corrected chi connectivity index (χ2v) is 23.1. The van der Waals surface area contributed by atoms with Crippen molar-refractivity contribution in [3.05, 3.63) is 61.3 Å². The molecule has 3 rings (SSSR count). The molecule has 24 nitrogen and oxygen atoms in total. The number of imidazole rings is 1. The number of thioether (sulfide) groups is 1. The zero-order chi connectivity index (χ0) is 53.9. The molecule has 28 heteroatoms. The first-order chi connectivity index (χ1) is 34.6. The van der Waals surface area contributed by atoms with Crippen LogP contribution in [0.15, 0.2) is 61.3 Å². The van der Waals surface area contributed by atoms with Gasteiger partial charge in [0.15, 0.2) is 22.8 Å². The van der Waals surface area contributed by atoms with Crippen molar-refractivity contribution in [3.8, 4) is 0 Å². The van der Waals surface area contributed by atoms with Crippen molar-refractivity contribution in [1.82, 2.24) is 30.2 Å². The predicted molar refractivity (Wildman–Crippen MR) is 274 cm³/mol. The number of anilines is 1. The minimum absolute atomic E-state index is 0.0316. The minimum atomic E-state index is -5.58. The van der Waals surface area contributed by atoms with Crippen molar-refractivity contribution in [2.24, 2.45) is 5.41 Å². The number of allylic oxidation sites excluding steroid dienone is 8. The molecule has 0 aliphatic carbocycles. The number of rotatable bonds is 37. The molecule has 10 N–H and O–H groups in total. The lowest BCUT2D eigenvalue weighted by molar-refractivity contribution is -0.137. The zero-order valence-electron chi connectivity index (χ0n) is 41.6. The summed E-state index contributed by atoms with van der Waals surface area (Å²) in [6.07, 6.45) is 25.2. The van der Waals surface area contributed by atoms with Gasteiger partial charge in [-0.25, -0.2) is 28.6 Å². The van der Waals surface area contributed by atoms with Crippen molar-refractivity contribution in [2.75, 3.05) is 37.8 Å². The van der Waals surface area contributed by atoms with Crippen molar-refractivity contribution in [1.29, 1.82) is 0 Å². The van der Waals surface area contributed by atoms with Crippen LogP contribution in [0.5, 0.6) is 0 Å². The maximum atomic E-state index is 12.8. The number of unbranched alkanes of at least 4 members (excludes halogenated alkanes) is 8. The first-order valence-electron chi connectivity index (χ1n) is 24.2. The Bertz CT molecular complexity index is 2300. The van der Waals surface area contributed by atoms with E-state index in [0.29, 0.717) is 12.2 Å². The summed E-state index contributed by atoms with van der Waals surface area (Å²) in [6, 6.07) is 0. The Morgan fingerprint density at radius 3 is 2.08 bits per heavy atom. The Morgan fingerprint density at radius 1 is 0.836 bits per heavy atom. The minimum Gasteiger partial charge on any atom is -0.386 e. The number of aliphatic hydroxyl groups excluding tert-OH is 2. The van der Waals surface area contributed by atoms with Gasteiger partial charge in [-0.05, 0) is 51.4 Å². The molecule has 2 aromatic heterocycles. The van der Waals surface area contributed by atoms with E-state index in [-0.39, 0.29) is 41.6 Å². The Balaban J connectivity index is 1.25. The number of carbonyl (C=O) groups is 3. The van der Waals surface area contributed by atoms with Gasteiger partial charge >= 0.3 is 23.5 Å². The number of hydrogen-bond acceptors (Lipinski definition) is 18. The number of carbonyl (C=O) groups excluding carboxylic acids is 3. The maximum Gasteiger partial charge on any atom is 0.481 e. The quantitative estimate of drug-likeness (QED) is 0.0201. The molecule has 3 heterocycles. The third kappa shape index (κ3) is 25.3. The van der Waals surface area contributed by atoms with Crippen LogP contribution < -0.4 is 16.4 Å². The van der Waals surface area contributed by atoms with E-state index in [1.54, 1.807) is 0 Å². The Hall–Kier alpha value is -3.48. The summed E-state index contributed by atoms with van der Waals surface area (Å²) in [5.41, 5.74) is 4.28. The van der Waals surface area contributed by atoms with E-state index in [2.05, 4.69) is 90.0 Å². The first kappa shape index (κ1) is 63.8. The Morgan fingerprint density at radius 2 is 1.44 bits per heavy atom. The fourth-order valence-electron chi connectivity index (χ4n) is 6.99. The fraction of sp³-hybridized carbons (Fsp3) is 0.644. The van der Waals surface area contributed by atoms with E-state index in [0.717, 1.165) is 86.8 Å². The number of phosphoric ester groups is 3. The molecule has 0 saturated carbocycles. The first-order valence-corrected chi connectivity index (χ1v) is 29.7. The summed E-state index contributed by atoms with van der Waals surface area (Å²) in [6.45, 7) is 2.76. The summed E-state index contributed by atoms with van der Waals surface area (Å²) in [5, 5.41) is 26.7. The van der Waals surface area contributed by atoms with Crippen molar-refractivity contribution < 1.29 is 80.5 Å². The summed E-state index contributed by atoms with van der Waals surface area (Å²) in [4.78, 5) is 88.5. The van der Waals surface area contributed by atoms with Gasteiger partial charge in [0.25, 0.3) is 0 Å². The molecule has 1 aliphatic rings. The molecule has 1 fully saturated rings. The van der Waals surface area contributed by atoms with Crippen LogP contribution in [0.2, 0.25) is 0 Å².